The predicted octanol–water partition coefficient (Wildman–Crippen LogP) is 3.90. The smallest absolute Gasteiger partial charge is 0.243 e. The molecule has 0 saturated heterocycles. The predicted molar refractivity (Wildman–Crippen MR) is 156 cm³/mol. The molecule has 2 atom stereocenters. The number of nitrogens with one attached hydrogen (secondary N) is 1. The highest BCUT2D eigenvalue weighted by atomic mass is 32.2. The van der Waals surface area contributed by atoms with Crippen LogP contribution < -0.4 is 11.1 Å². The van der Waals surface area contributed by atoms with Crippen LogP contribution in [0.4, 0.5) is 0 Å². The number of carbonyl (C=O) groups excluding carboxylic acids is 1. The summed E-state index contributed by atoms with van der Waals surface area (Å²) in [5, 5.41) is 14.3. The number of hydrogen-bond acceptors (Lipinski definition) is 5. The van der Waals surface area contributed by atoms with E-state index in [9.17, 15) is 18.3 Å². The van der Waals surface area contributed by atoms with Crippen LogP contribution in [0.25, 0.3) is 5.70 Å². The van der Waals surface area contributed by atoms with Crippen molar-refractivity contribution in [2.24, 2.45) is 11.7 Å². The zero-order valence-corrected chi connectivity index (χ0v) is 23.7. The van der Waals surface area contributed by atoms with Crippen LogP contribution in [-0.4, -0.2) is 49.0 Å². The molecule has 208 valence electrons. The summed E-state index contributed by atoms with van der Waals surface area (Å²) in [6.45, 7) is 9.55. The van der Waals surface area contributed by atoms with E-state index in [1.54, 1.807) is 36.4 Å². The number of carbonyl (C=O) groups is 1. The molecule has 0 aliphatic heterocycles. The van der Waals surface area contributed by atoms with Crippen molar-refractivity contribution in [3.05, 3.63) is 108 Å². The molecule has 7 nitrogen and oxygen atoms in total. The number of nitrogens with two attached hydrogens (primary N) is 1. The molecule has 0 heterocycles. The minimum atomic E-state index is -3.86. The number of aliphatic hydroxyl groups excluding tert-OH is 1. The van der Waals surface area contributed by atoms with Crippen molar-refractivity contribution in [1.29, 1.82) is 0 Å². The number of benzene rings is 3. The lowest BCUT2D eigenvalue weighted by molar-refractivity contribution is -0.122. The highest BCUT2D eigenvalue weighted by Gasteiger charge is 2.31. The molecule has 0 aromatic heterocycles. The standard InChI is InChI=1S/C31H39N3O4S/c1-22(2)20-34(39(37,38)28-16-10-23(3)11-17-28)21-30(35)29(18-25-8-6-5-7-9-25)33-31(36)19-26-12-14-27(15-13-26)24(4)32/h5-17,22,29-30,35H,4,18-21,32H2,1-3H3,(H,33,36). The molecule has 3 rings (SSSR count). The van der Waals surface area contributed by atoms with E-state index in [4.69, 9.17) is 5.73 Å². The SMILES string of the molecule is C=C(N)c1ccc(CC(=O)NC(Cc2ccccc2)C(O)CN(CC(C)C)S(=O)(=O)c2ccc(C)cc2)cc1. The maximum atomic E-state index is 13.5. The van der Waals surface area contributed by atoms with Crippen molar-refractivity contribution in [3.8, 4) is 0 Å². The van der Waals surface area contributed by atoms with E-state index in [-0.39, 0.29) is 36.2 Å². The molecular weight excluding hydrogens is 510 g/mol. The number of aryl methyl sites for hydroxylation is 1. The fraction of sp³-hybridized carbons (Fsp3) is 0.323. The van der Waals surface area contributed by atoms with Gasteiger partial charge in [0.2, 0.25) is 15.9 Å². The van der Waals surface area contributed by atoms with Gasteiger partial charge in [-0.1, -0.05) is 92.7 Å². The van der Waals surface area contributed by atoms with Gasteiger partial charge in [-0.25, -0.2) is 8.42 Å². The molecule has 3 aromatic carbocycles. The maximum Gasteiger partial charge on any atom is 0.243 e. The summed E-state index contributed by atoms with van der Waals surface area (Å²) in [6, 6.07) is 22.7. The third-order valence-electron chi connectivity index (χ3n) is 6.42. The van der Waals surface area contributed by atoms with Gasteiger partial charge in [-0.2, -0.15) is 4.31 Å². The summed E-state index contributed by atoms with van der Waals surface area (Å²) in [6.07, 6.45) is -0.692. The van der Waals surface area contributed by atoms with Gasteiger partial charge in [0.25, 0.3) is 0 Å². The minimum absolute atomic E-state index is 0.0344. The van der Waals surface area contributed by atoms with Crippen molar-refractivity contribution in [3.63, 3.8) is 0 Å². The topological polar surface area (TPSA) is 113 Å². The first-order valence-electron chi connectivity index (χ1n) is 13.1. The summed E-state index contributed by atoms with van der Waals surface area (Å²) < 4.78 is 28.4. The minimum Gasteiger partial charge on any atom is -0.399 e. The number of nitrogens with zero attached hydrogens (tertiary/aromatic N) is 1. The van der Waals surface area contributed by atoms with E-state index in [0.29, 0.717) is 12.1 Å². The van der Waals surface area contributed by atoms with E-state index in [0.717, 1.165) is 22.3 Å². The van der Waals surface area contributed by atoms with E-state index >= 15 is 0 Å². The normalized spacial score (nSPS) is 13.3. The van der Waals surface area contributed by atoms with Crippen molar-refractivity contribution >= 4 is 21.6 Å². The fourth-order valence-electron chi connectivity index (χ4n) is 4.30. The largest absolute Gasteiger partial charge is 0.399 e. The molecule has 3 aromatic rings. The van der Waals surface area contributed by atoms with Crippen molar-refractivity contribution < 1.29 is 18.3 Å². The van der Waals surface area contributed by atoms with E-state index in [1.165, 1.54) is 4.31 Å². The quantitative estimate of drug-likeness (QED) is 0.299. The van der Waals surface area contributed by atoms with Gasteiger partial charge in [-0.05, 0) is 48.1 Å². The fourth-order valence-corrected chi connectivity index (χ4v) is 5.93. The van der Waals surface area contributed by atoms with E-state index < -0.39 is 22.2 Å². The Kier molecular flexibility index (Phi) is 10.5. The summed E-state index contributed by atoms with van der Waals surface area (Å²) >= 11 is 0. The summed E-state index contributed by atoms with van der Waals surface area (Å²) in [4.78, 5) is 13.2. The zero-order chi connectivity index (χ0) is 28.6. The van der Waals surface area contributed by atoms with Gasteiger partial charge >= 0.3 is 0 Å². The molecule has 0 fully saturated rings. The Morgan fingerprint density at radius 2 is 1.56 bits per heavy atom. The van der Waals surface area contributed by atoms with Crippen molar-refractivity contribution in [1.82, 2.24) is 9.62 Å². The van der Waals surface area contributed by atoms with Gasteiger partial charge in [0.1, 0.15) is 0 Å². The van der Waals surface area contributed by atoms with Gasteiger partial charge in [0, 0.05) is 18.8 Å². The summed E-state index contributed by atoms with van der Waals surface area (Å²) in [7, 11) is -3.86. The van der Waals surface area contributed by atoms with Crippen LogP contribution >= 0.6 is 0 Å². The Labute approximate surface area is 232 Å². The molecule has 0 aliphatic carbocycles. The molecule has 8 heteroatoms. The number of hydrogen-bond donors (Lipinski definition) is 3. The van der Waals surface area contributed by atoms with Crippen LogP contribution in [0.2, 0.25) is 0 Å². The molecule has 0 radical (unpaired) electrons. The van der Waals surface area contributed by atoms with Gasteiger partial charge in [0.15, 0.2) is 0 Å². The van der Waals surface area contributed by atoms with E-state index in [2.05, 4.69) is 11.9 Å². The van der Waals surface area contributed by atoms with Crippen LogP contribution in [0.3, 0.4) is 0 Å². The monoisotopic (exact) mass is 549 g/mol. The average Bonchev–Trinajstić information content (AvgIpc) is 2.88. The Morgan fingerprint density at radius 3 is 2.13 bits per heavy atom. The second-order valence-corrected chi connectivity index (χ2v) is 12.3. The van der Waals surface area contributed by atoms with E-state index in [1.807, 2.05) is 63.2 Å². The molecule has 4 N–H and O–H groups in total. The molecule has 39 heavy (non-hydrogen) atoms. The number of sulfonamides is 1. The zero-order valence-electron chi connectivity index (χ0n) is 22.9. The third-order valence-corrected chi connectivity index (χ3v) is 8.26. The van der Waals surface area contributed by atoms with Gasteiger partial charge in [0.05, 0.1) is 23.5 Å². The Bertz CT molecular complexity index is 1340. The second kappa shape index (κ2) is 13.6. The first kappa shape index (κ1) is 30.1. The molecular formula is C31H39N3O4S. The van der Waals surface area contributed by atoms with Crippen molar-refractivity contribution in [2.75, 3.05) is 13.1 Å². The first-order chi connectivity index (χ1) is 18.5. The number of aliphatic hydroxyl groups is 1. The molecule has 2 unspecified atom stereocenters. The Balaban J connectivity index is 1.82. The average molecular weight is 550 g/mol. The first-order valence-corrected chi connectivity index (χ1v) is 14.5. The maximum absolute atomic E-state index is 13.5. The number of amides is 1. The molecule has 0 aliphatic rings. The lowest BCUT2D eigenvalue weighted by atomic mass is 10.00. The second-order valence-electron chi connectivity index (χ2n) is 10.4. The van der Waals surface area contributed by atoms with Gasteiger partial charge in [-0.3, -0.25) is 4.79 Å². The highest BCUT2D eigenvalue weighted by Crippen LogP contribution is 2.20. The highest BCUT2D eigenvalue weighted by molar-refractivity contribution is 7.89. The van der Waals surface area contributed by atoms with Gasteiger partial charge < -0.3 is 16.2 Å². The third kappa shape index (κ3) is 8.78. The lowest BCUT2D eigenvalue weighted by Gasteiger charge is -2.31. The van der Waals surface area contributed by atoms with Crippen LogP contribution in [0, 0.1) is 12.8 Å². The number of rotatable bonds is 13. The molecule has 0 bridgehead atoms. The van der Waals surface area contributed by atoms with Gasteiger partial charge in [-0.15, -0.1) is 0 Å². The molecule has 0 spiro atoms. The molecule has 1 amide bonds. The Morgan fingerprint density at radius 1 is 0.949 bits per heavy atom. The van der Waals surface area contributed by atoms with Crippen LogP contribution in [0.1, 0.15) is 36.1 Å². The Hall–Kier alpha value is -3.46. The summed E-state index contributed by atoms with van der Waals surface area (Å²) in [5.41, 5.74) is 9.63. The van der Waals surface area contributed by atoms with Crippen LogP contribution in [0.5, 0.6) is 0 Å². The lowest BCUT2D eigenvalue weighted by Crippen LogP contribution is -2.51. The van der Waals surface area contributed by atoms with Crippen molar-refractivity contribution in [2.45, 2.75) is 50.7 Å². The van der Waals surface area contributed by atoms with Crippen LogP contribution in [0.15, 0.2) is 90.3 Å². The summed E-state index contributed by atoms with van der Waals surface area (Å²) in [5.74, 6) is -0.238. The van der Waals surface area contributed by atoms with Crippen LogP contribution in [-0.2, 0) is 27.7 Å². The molecule has 0 saturated carbocycles.